The van der Waals surface area contributed by atoms with Crippen molar-refractivity contribution < 1.29 is 13.2 Å². The summed E-state index contributed by atoms with van der Waals surface area (Å²) in [7, 11) is -3.34. The molecule has 0 radical (unpaired) electrons. The molecule has 1 saturated heterocycles. The zero-order valence-electron chi connectivity index (χ0n) is 15.8. The summed E-state index contributed by atoms with van der Waals surface area (Å²) in [6.07, 6.45) is 3.33. The molecular weight excluding hydrogens is 360 g/mol. The van der Waals surface area contributed by atoms with Gasteiger partial charge in [-0.1, -0.05) is 54.6 Å². The van der Waals surface area contributed by atoms with Crippen LogP contribution in [-0.4, -0.2) is 44.1 Å². The van der Waals surface area contributed by atoms with Crippen LogP contribution in [0.15, 0.2) is 54.6 Å². The molecule has 6 heteroatoms. The number of rotatable bonds is 5. The lowest BCUT2D eigenvalue weighted by atomic mass is 9.90. The normalized spacial score (nSPS) is 20.4. The largest absolute Gasteiger partial charge is 0.338 e. The molecule has 2 aromatic carbocycles. The van der Waals surface area contributed by atoms with E-state index in [9.17, 15) is 13.2 Å². The second-order valence-electron chi connectivity index (χ2n) is 7.19. The van der Waals surface area contributed by atoms with Gasteiger partial charge in [-0.05, 0) is 36.0 Å². The van der Waals surface area contributed by atoms with E-state index in [4.69, 9.17) is 0 Å². The number of nitrogens with one attached hydrogen (secondary N) is 1. The van der Waals surface area contributed by atoms with Crippen LogP contribution in [0, 0.1) is 0 Å². The summed E-state index contributed by atoms with van der Waals surface area (Å²) >= 11 is 0. The number of benzene rings is 2. The first-order valence-corrected chi connectivity index (χ1v) is 11.1. The average molecular weight is 387 g/mol. The van der Waals surface area contributed by atoms with Crippen molar-refractivity contribution in [3.63, 3.8) is 0 Å². The maximum absolute atomic E-state index is 12.1. The van der Waals surface area contributed by atoms with E-state index in [0.29, 0.717) is 13.0 Å². The van der Waals surface area contributed by atoms with E-state index >= 15 is 0 Å². The molecule has 1 aliphatic heterocycles. The van der Waals surface area contributed by atoms with Gasteiger partial charge in [0.05, 0.1) is 12.3 Å². The smallest absolute Gasteiger partial charge is 0.219 e. The summed E-state index contributed by atoms with van der Waals surface area (Å²) in [5.74, 6) is -0.0146. The van der Waals surface area contributed by atoms with Gasteiger partial charge >= 0.3 is 0 Å². The number of amides is 1. The van der Waals surface area contributed by atoms with Crippen molar-refractivity contribution in [2.45, 2.75) is 38.3 Å². The number of carbonyl (C=O) groups excluding carboxylic acids is 1. The van der Waals surface area contributed by atoms with Crippen LogP contribution in [0.2, 0.25) is 0 Å². The van der Waals surface area contributed by atoms with Crippen molar-refractivity contribution in [2.24, 2.45) is 0 Å². The topological polar surface area (TPSA) is 66.5 Å². The van der Waals surface area contributed by atoms with Gasteiger partial charge in [-0.25, -0.2) is 13.1 Å². The quantitative estimate of drug-likeness (QED) is 0.859. The molecular formula is C21H26N2O3S. The molecule has 144 valence electrons. The Bertz CT molecular complexity index is 897. The van der Waals surface area contributed by atoms with Gasteiger partial charge in [-0.15, -0.1) is 0 Å². The number of hydrogen-bond donors (Lipinski definition) is 1. The zero-order valence-corrected chi connectivity index (χ0v) is 16.6. The predicted octanol–water partition coefficient (Wildman–Crippen LogP) is 2.82. The molecule has 0 spiro atoms. The van der Waals surface area contributed by atoms with Crippen LogP contribution in [0.5, 0.6) is 0 Å². The molecule has 0 unspecified atom stereocenters. The third kappa shape index (κ3) is 5.17. The number of sulfonamides is 1. The molecule has 2 atom stereocenters. The Labute approximate surface area is 161 Å². The minimum Gasteiger partial charge on any atom is -0.338 e. The van der Waals surface area contributed by atoms with Gasteiger partial charge < -0.3 is 4.90 Å². The van der Waals surface area contributed by atoms with Gasteiger partial charge in [0.15, 0.2) is 0 Å². The average Bonchev–Trinajstić information content (AvgIpc) is 2.63. The predicted molar refractivity (Wildman–Crippen MR) is 108 cm³/mol. The molecule has 1 aliphatic rings. The second kappa shape index (κ2) is 8.23. The van der Waals surface area contributed by atoms with Crippen molar-refractivity contribution in [3.05, 3.63) is 60.2 Å². The maximum Gasteiger partial charge on any atom is 0.219 e. The second-order valence-corrected chi connectivity index (χ2v) is 8.97. The Morgan fingerprint density at radius 1 is 1.11 bits per heavy atom. The first-order valence-electron chi connectivity index (χ1n) is 9.22. The lowest BCUT2D eigenvalue weighted by Gasteiger charge is -2.41. The number of carbonyl (C=O) groups is 1. The van der Waals surface area contributed by atoms with Crippen molar-refractivity contribution in [1.29, 1.82) is 0 Å². The van der Waals surface area contributed by atoms with Crippen molar-refractivity contribution in [1.82, 2.24) is 9.62 Å². The van der Waals surface area contributed by atoms with Crippen LogP contribution in [0.1, 0.15) is 25.3 Å². The van der Waals surface area contributed by atoms with E-state index in [1.54, 1.807) is 6.92 Å². The molecule has 3 rings (SSSR count). The molecule has 1 heterocycles. The lowest BCUT2D eigenvalue weighted by molar-refractivity contribution is -0.133. The van der Waals surface area contributed by atoms with Crippen molar-refractivity contribution in [3.8, 4) is 11.1 Å². The van der Waals surface area contributed by atoms with E-state index < -0.39 is 10.0 Å². The molecule has 1 fully saturated rings. The summed E-state index contributed by atoms with van der Waals surface area (Å²) in [5, 5.41) is 0. The lowest BCUT2D eigenvalue weighted by Crippen LogP contribution is -2.57. The molecule has 5 nitrogen and oxygen atoms in total. The van der Waals surface area contributed by atoms with E-state index in [1.165, 1.54) is 6.26 Å². The molecule has 1 N–H and O–H groups in total. The van der Waals surface area contributed by atoms with E-state index in [-0.39, 0.29) is 18.0 Å². The fraction of sp³-hybridized carbons (Fsp3) is 0.381. The van der Waals surface area contributed by atoms with Gasteiger partial charge in [0.1, 0.15) is 0 Å². The van der Waals surface area contributed by atoms with Gasteiger partial charge in [0.2, 0.25) is 15.9 Å². The van der Waals surface area contributed by atoms with E-state index in [2.05, 4.69) is 29.0 Å². The van der Waals surface area contributed by atoms with Crippen LogP contribution in [0.3, 0.4) is 0 Å². The van der Waals surface area contributed by atoms with Crippen LogP contribution in [0.25, 0.3) is 11.1 Å². The van der Waals surface area contributed by atoms with Crippen LogP contribution in [-0.2, 0) is 21.2 Å². The van der Waals surface area contributed by atoms with Gasteiger partial charge in [-0.3, -0.25) is 4.79 Å². The van der Waals surface area contributed by atoms with Gasteiger partial charge in [0, 0.05) is 19.5 Å². The standard InChI is InChI=1S/C21H26N2O3S/c1-16(24)23-13-7-12-20(22-27(2,25)26)21(23)15-17-8-6-11-19(14-17)18-9-4-3-5-10-18/h3-6,8-11,14,20-22H,7,12-13,15H2,1-2H3/t20-,21-/m0/s1. The molecule has 1 amide bonds. The Morgan fingerprint density at radius 3 is 2.48 bits per heavy atom. The maximum atomic E-state index is 12.1. The van der Waals surface area contributed by atoms with Crippen LogP contribution in [0.4, 0.5) is 0 Å². The summed E-state index contributed by atoms with van der Waals surface area (Å²) in [6, 6.07) is 17.9. The Balaban J connectivity index is 1.88. The minimum absolute atomic E-state index is 0.0146. The highest BCUT2D eigenvalue weighted by Gasteiger charge is 2.34. The summed E-state index contributed by atoms with van der Waals surface area (Å²) in [4.78, 5) is 14.0. The zero-order chi connectivity index (χ0) is 19.4. The fourth-order valence-corrected chi connectivity index (χ4v) is 4.69. The molecule has 27 heavy (non-hydrogen) atoms. The molecule has 0 aliphatic carbocycles. The third-order valence-electron chi connectivity index (χ3n) is 5.03. The van der Waals surface area contributed by atoms with Gasteiger partial charge in [0.25, 0.3) is 0 Å². The Hall–Kier alpha value is -2.18. The summed E-state index contributed by atoms with van der Waals surface area (Å²) < 4.78 is 26.3. The van der Waals surface area contributed by atoms with Crippen molar-refractivity contribution in [2.75, 3.05) is 12.8 Å². The fourth-order valence-electron chi connectivity index (χ4n) is 3.86. The highest BCUT2D eigenvalue weighted by atomic mass is 32.2. The third-order valence-corrected chi connectivity index (χ3v) is 5.76. The summed E-state index contributed by atoms with van der Waals surface area (Å²) in [6.45, 7) is 2.22. The van der Waals surface area contributed by atoms with Crippen LogP contribution < -0.4 is 4.72 Å². The van der Waals surface area contributed by atoms with E-state index in [1.807, 2.05) is 35.2 Å². The molecule has 0 bridgehead atoms. The Kier molecular flexibility index (Phi) is 5.97. The minimum atomic E-state index is -3.34. The van der Waals surface area contributed by atoms with Gasteiger partial charge in [-0.2, -0.15) is 0 Å². The number of piperidine rings is 1. The van der Waals surface area contributed by atoms with E-state index in [0.717, 1.165) is 29.5 Å². The number of hydrogen-bond acceptors (Lipinski definition) is 3. The first kappa shape index (κ1) is 19.6. The molecule has 0 saturated carbocycles. The molecule has 0 aromatic heterocycles. The first-order chi connectivity index (χ1) is 12.8. The van der Waals surface area contributed by atoms with Crippen LogP contribution >= 0.6 is 0 Å². The highest BCUT2D eigenvalue weighted by Crippen LogP contribution is 2.25. The molecule has 2 aromatic rings. The highest BCUT2D eigenvalue weighted by molar-refractivity contribution is 7.88. The summed E-state index contributed by atoms with van der Waals surface area (Å²) in [5.41, 5.74) is 3.35. The monoisotopic (exact) mass is 386 g/mol. The Morgan fingerprint density at radius 2 is 1.81 bits per heavy atom. The van der Waals surface area contributed by atoms with Crippen molar-refractivity contribution >= 4 is 15.9 Å². The number of likely N-dealkylation sites (tertiary alicyclic amines) is 1. The number of nitrogens with zero attached hydrogens (tertiary/aromatic N) is 1. The SMILES string of the molecule is CC(=O)N1CCC[C@H](NS(C)(=O)=O)[C@@H]1Cc1cccc(-c2ccccc2)c1.